The lowest BCUT2D eigenvalue weighted by atomic mass is 9.90. The second-order valence-electron chi connectivity index (χ2n) is 10.5. The summed E-state index contributed by atoms with van der Waals surface area (Å²) in [4.78, 5) is 29.4. The van der Waals surface area contributed by atoms with Crippen LogP contribution in [0.3, 0.4) is 0 Å². The molecule has 2 aromatic rings. The quantitative estimate of drug-likeness (QED) is 0.363. The molecule has 2 atom stereocenters. The van der Waals surface area contributed by atoms with E-state index in [9.17, 15) is 4.79 Å². The van der Waals surface area contributed by atoms with E-state index in [0.29, 0.717) is 0 Å². The first-order chi connectivity index (χ1) is 17.2. The van der Waals surface area contributed by atoms with Gasteiger partial charge in [0.1, 0.15) is 5.60 Å². The number of allylic oxidation sites excluding steroid dienone is 2. The van der Waals surface area contributed by atoms with Crippen LogP contribution in [0.5, 0.6) is 0 Å². The molecule has 2 aromatic heterocycles. The molecule has 1 aliphatic heterocycles. The van der Waals surface area contributed by atoms with Gasteiger partial charge in [-0.2, -0.15) is 0 Å². The summed E-state index contributed by atoms with van der Waals surface area (Å²) in [5, 5.41) is 0. The summed E-state index contributed by atoms with van der Waals surface area (Å²) in [5.74, 6) is 0. The molecule has 1 aliphatic rings. The van der Waals surface area contributed by atoms with Gasteiger partial charge in [-0.15, -0.1) is 0 Å². The molecule has 0 spiro atoms. The zero-order valence-electron chi connectivity index (χ0n) is 22.8. The lowest BCUT2D eigenvalue weighted by molar-refractivity contribution is -0.00806. The number of ether oxygens (including phenoxy) is 1. The molecule has 0 bridgehead atoms. The van der Waals surface area contributed by atoms with Crippen molar-refractivity contribution in [2.75, 3.05) is 7.05 Å². The molecule has 6 nitrogen and oxygen atoms in total. The average molecular weight is 491 g/mol. The van der Waals surface area contributed by atoms with Crippen molar-refractivity contribution in [2.24, 2.45) is 4.99 Å². The maximum Gasteiger partial charge on any atom is 0.411 e. The molecule has 0 N–H and O–H groups in total. The third-order valence-electron chi connectivity index (χ3n) is 6.43. The smallest absolute Gasteiger partial charge is 0.411 e. The molecule has 1 amide bonds. The summed E-state index contributed by atoms with van der Waals surface area (Å²) in [6.45, 7) is 9.94. The van der Waals surface area contributed by atoms with Crippen LogP contribution >= 0.6 is 0 Å². The van der Waals surface area contributed by atoms with Crippen LogP contribution in [0.25, 0.3) is 0 Å². The fraction of sp³-hybridized carbons (Fsp3) is 0.533. The van der Waals surface area contributed by atoms with Crippen LogP contribution in [0, 0.1) is 6.92 Å². The predicted octanol–water partition coefficient (Wildman–Crippen LogP) is 7.35. The third kappa shape index (κ3) is 7.49. The van der Waals surface area contributed by atoms with Gasteiger partial charge in [-0.1, -0.05) is 25.1 Å². The minimum absolute atomic E-state index is 0.139. The summed E-state index contributed by atoms with van der Waals surface area (Å²) in [6.07, 6.45) is 12.3. The normalized spacial score (nSPS) is 19.1. The van der Waals surface area contributed by atoms with Crippen LogP contribution in [0.4, 0.5) is 4.79 Å². The van der Waals surface area contributed by atoms with Crippen LogP contribution < -0.4 is 0 Å². The zero-order valence-corrected chi connectivity index (χ0v) is 22.8. The van der Waals surface area contributed by atoms with Crippen molar-refractivity contribution in [2.45, 2.75) is 97.2 Å². The van der Waals surface area contributed by atoms with Crippen molar-refractivity contribution < 1.29 is 9.53 Å². The van der Waals surface area contributed by atoms with Gasteiger partial charge < -0.3 is 4.74 Å². The van der Waals surface area contributed by atoms with Gasteiger partial charge in [0.15, 0.2) is 0 Å². The Morgan fingerprint density at radius 1 is 1.19 bits per heavy atom. The number of amides is 1. The van der Waals surface area contributed by atoms with E-state index >= 15 is 0 Å². The minimum Gasteiger partial charge on any atom is -0.444 e. The fourth-order valence-electron chi connectivity index (χ4n) is 4.92. The molecule has 3 rings (SSSR count). The first-order valence-corrected chi connectivity index (χ1v) is 13.2. The molecule has 194 valence electrons. The second kappa shape index (κ2) is 12.8. The minimum atomic E-state index is -0.580. The van der Waals surface area contributed by atoms with Crippen molar-refractivity contribution in [3.05, 3.63) is 70.8 Å². The summed E-state index contributed by atoms with van der Waals surface area (Å²) in [6, 6.07) is 9.91. The van der Waals surface area contributed by atoms with Gasteiger partial charge >= 0.3 is 6.09 Å². The SMILES string of the molecule is CC/C=C(\C=NC)CCCc1cccc(C2CCCC(c3ncccc3C)N2C(=O)OC(C)(C)C)n1. The van der Waals surface area contributed by atoms with Crippen LogP contribution in [0.1, 0.15) is 101 Å². The molecule has 6 heteroatoms. The number of rotatable bonds is 8. The first-order valence-electron chi connectivity index (χ1n) is 13.2. The number of hydrogen-bond donors (Lipinski definition) is 0. The third-order valence-corrected chi connectivity index (χ3v) is 6.43. The van der Waals surface area contributed by atoms with E-state index in [4.69, 9.17) is 9.72 Å². The number of aliphatic imine (C=N–C) groups is 1. The zero-order chi connectivity index (χ0) is 26.1. The van der Waals surface area contributed by atoms with E-state index in [0.717, 1.165) is 67.6 Å². The van der Waals surface area contributed by atoms with Gasteiger partial charge in [0, 0.05) is 25.2 Å². The lowest BCUT2D eigenvalue weighted by Gasteiger charge is -2.42. The van der Waals surface area contributed by atoms with E-state index in [1.54, 1.807) is 0 Å². The Kier molecular flexibility index (Phi) is 9.80. The van der Waals surface area contributed by atoms with Crippen molar-refractivity contribution in [3.8, 4) is 0 Å². The highest BCUT2D eigenvalue weighted by molar-refractivity contribution is 5.78. The maximum atomic E-state index is 13.6. The Labute approximate surface area is 216 Å². The van der Waals surface area contributed by atoms with Crippen molar-refractivity contribution >= 4 is 12.3 Å². The monoisotopic (exact) mass is 490 g/mol. The van der Waals surface area contributed by atoms with E-state index in [1.165, 1.54) is 5.57 Å². The highest BCUT2D eigenvalue weighted by Crippen LogP contribution is 2.42. The number of carbonyl (C=O) groups is 1. The van der Waals surface area contributed by atoms with Gasteiger partial charge in [-0.25, -0.2) is 4.79 Å². The van der Waals surface area contributed by atoms with Gasteiger partial charge in [-0.3, -0.25) is 19.9 Å². The van der Waals surface area contributed by atoms with E-state index < -0.39 is 5.60 Å². The highest BCUT2D eigenvalue weighted by atomic mass is 16.6. The Morgan fingerprint density at radius 2 is 1.97 bits per heavy atom. The lowest BCUT2D eigenvalue weighted by Crippen LogP contribution is -2.44. The predicted molar refractivity (Wildman–Crippen MR) is 146 cm³/mol. The van der Waals surface area contributed by atoms with Crippen LogP contribution in [-0.4, -0.2) is 39.8 Å². The Bertz CT molecular complexity index is 1070. The molecular formula is C30H42N4O2. The van der Waals surface area contributed by atoms with Gasteiger partial charge in [0.2, 0.25) is 0 Å². The summed E-state index contributed by atoms with van der Waals surface area (Å²) >= 11 is 0. The molecule has 3 heterocycles. The largest absolute Gasteiger partial charge is 0.444 e. The van der Waals surface area contributed by atoms with Crippen LogP contribution in [-0.2, 0) is 11.2 Å². The van der Waals surface area contributed by atoms with E-state index in [1.807, 2.05) is 57.3 Å². The first kappa shape index (κ1) is 27.6. The molecule has 36 heavy (non-hydrogen) atoms. The molecule has 0 radical (unpaired) electrons. The summed E-state index contributed by atoms with van der Waals surface area (Å²) < 4.78 is 5.90. The van der Waals surface area contributed by atoms with E-state index in [2.05, 4.69) is 48.1 Å². The standard InChI is InChI=1S/C30H42N4O2/c1-7-12-23(21-31-6)14-8-15-24-16-9-17-25(33-24)26-18-10-19-27(28-22(2)13-11-20-32-28)34(26)29(35)36-30(3,4)5/h9,11-13,16-17,20-21,26-27H,7-8,10,14-15,18-19H2,1-6H3/b23-12-,31-21?. The molecular weight excluding hydrogens is 448 g/mol. The average Bonchev–Trinajstić information content (AvgIpc) is 2.83. The van der Waals surface area contributed by atoms with Gasteiger partial charge in [0.05, 0.1) is 23.5 Å². The fourth-order valence-corrected chi connectivity index (χ4v) is 4.92. The number of piperidine rings is 1. The second-order valence-corrected chi connectivity index (χ2v) is 10.5. The van der Waals surface area contributed by atoms with E-state index in [-0.39, 0.29) is 18.2 Å². The number of nitrogens with zero attached hydrogens (tertiary/aromatic N) is 4. The maximum absolute atomic E-state index is 13.6. The Balaban J connectivity index is 1.87. The van der Waals surface area contributed by atoms with Gasteiger partial charge in [-0.05, 0) is 102 Å². The summed E-state index contributed by atoms with van der Waals surface area (Å²) in [5.41, 5.74) is 4.70. The van der Waals surface area contributed by atoms with Crippen LogP contribution in [0.15, 0.2) is 53.2 Å². The Morgan fingerprint density at radius 3 is 2.67 bits per heavy atom. The summed E-state index contributed by atoms with van der Waals surface area (Å²) in [7, 11) is 1.81. The number of aromatic nitrogens is 2. The van der Waals surface area contributed by atoms with Crippen molar-refractivity contribution in [1.82, 2.24) is 14.9 Å². The van der Waals surface area contributed by atoms with Crippen LogP contribution in [0.2, 0.25) is 0 Å². The number of hydrogen-bond acceptors (Lipinski definition) is 5. The molecule has 0 saturated carbocycles. The molecule has 1 fully saturated rings. The molecule has 0 aliphatic carbocycles. The Hall–Kier alpha value is -3.02. The number of pyridine rings is 2. The molecule has 2 unspecified atom stereocenters. The highest BCUT2D eigenvalue weighted by Gasteiger charge is 2.40. The molecule has 1 saturated heterocycles. The number of carbonyl (C=O) groups excluding carboxylic acids is 1. The topological polar surface area (TPSA) is 67.7 Å². The number of aryl methyl sites for hydroxylation is 2. The van der Waals surface area contributed by atoms with Crippen molar-refractivity contribution in [3.63, 3.8) is 0 Å². The molecule has 0 aromatic carbocycles. The van der Waals surface area contributed by atoms with Gasteiger partial charge in [0.25, 0.3) is 0 Å². The number of likely N-dealkylation sites (tertiary alicyclic amines) is 1. The van der Waals surface area contributed by atoms with Crippen molar-refractivity contribution in [1.29, 1.82) is 0 Å².